The van der Waals surface area contributed by atoms with Crippen molar-refractivity contribution >= 4 is 5.91 Å². The summed E-state index contributed by atoms with van der Waals surface area (Å²) in [5.41, 5.74) is 3.29. The lowest BCUT2D eigenvalue weighted by Crippen LogP contribution is -2.40. The Morgan fingerprint density at radius 3 is 2.70 bits per heavy atom. The summed E-state index contributed by atoms with van der Waals surface area (Å²) >= 11 is 0. The predicted octanol–water partition coefficient (Wildman–Crippen LogP) is 4.71. The van der Waals surface area contributed by atoms with Gasteiger partial charge in [0.1, 0.15) is 18.1 Å². The van der Waals surface area contributed by atoms with E-state index < -0.39 is 0 Å². The van der Waals surface area contributed by atoms with Crippen molar-refractivity contribution in [3.63, 3.8) is 0 Å². The highest BCUT2D eigenvalue weighted by Gasteiger charge is 2.22. The van der Waals surface area contributed by atoms with Gasteiger partial charge in [-0.1, -0.05) is 23.7 Å². The van der Waals surface area contributed by atoms with Gasteiger partial charge >= 0.3 is 0 Å². The largest absolute Gasteiger partial charge is 0.492 e. The molecular formula is C27H39N3O3. The second-order valence-corrected chi connectivity index (χ2v) is 9.61. The Kier molecular flexibility index (Phi) is 8.43. The summed E-state index contributed by atoms with van der Waals surface area (Å²) in [6, 6.07) is 9.19. The van der Waals surface area contributed by atoms with Gasteiger partial charge in [0, 0.05) is 24.6 Å². The van der Waals surface area contributed by atoms with Gasteiger partial charge in [-0.2, -0.15) is 0 Å². The summed E-state index contributed by atoms with van der Waals surface area (Å²) in [5.74, 6) is 1.91. The molecule has 6 nitrogen and oxygen atoms in total. The third-order valence-corrected chi connectivity index (χ3v) is 7.29. The van der Waals surface area contributed by atoms with E-state index in [1.165, 1.54) is 37.8 Å². The summed E-state index contributed by atoms with van der Waals surface area (Å²) in [7, 11) is 0. The van der Waals surface area contributed by atoms with Crippen molar-refractivity contribution in [3.8, 4) is 5.75 Å². The maximum absolute atomic E-state index is 13.1. The second-order valence-electron chi connectivity index (χ2n) is 9.61. The van der Waals surface area contributed by atoms with Crippen LogP contribution < -0.4 is 4.74 Å². The van der Waals surface area contributed by atoms with E-state index in [1.54, 1.807) is 0 Å². The van der Waals surface area contributed by atoms with Crippen molar-refractivity contribution < 1.29 is 14.1 Å². The number of benzene rings is 1. The van der Waals surface area contributed by atoms with Crippen LogP contribution in [0.1, 0.15) is 67.5 Å². The fraction of sp³-hybridized carbons (Fsp3) is 0.630. The molecular weight excluding hydrogens is 414 g/mol. The molecule has 2 aliphatic heterocycles. The minimum absolute atomic E-state index is 0.188. The van der Waals surface area contributed by atoms with Gasteiger partial charge in [0.15, 0.2) is 0 Å². The fourth-order valence-corrected chi connectivity index (χ4v) is 5.31. The second kappa shape index (κ2) is 11.7. The first-order chi connectivity index (χ1) is 16.1. The summed E-state index contributed by atoms with van der Waals surface area (Å²) in [5, 5.41) is 4.02. The number of carbonyl (C=O) groups is 1. The van der Waals surface area contributed by atoms with E-state index in [0.29, 0.717) is 32.0 Å². The van der Waals surface area contributed by atoms with Gasteiger partial charge in [-0.15, -0.1) is 0 Å². The molecule has 0 saturated carbocycles. The number of amides is 1. The lowest BCUT2D eigenvalue weighted by Gasteiger charge is -2.36. The molecule has 1 fully saturated rings. The number of hydrogen-bond acceptors (Lipinski definition) is 5. The number of aromatic nitrogens is 1. The zero-order chi connectivity index (χ0) is 23.0. The Morgan fingerprint density at radius 1 is 1.06 bits per heavy atom. The molecule has 1 amide bonds. The summed E-state index contributed by atoms with van der Waals surface area (Å²) in [4.78, 5) is 17.8. The van der Waals surface area contributed by atoms with Gasteiger partial charge in [0.25, 0.3) is 0 Å². The zero-order valence-electron chi connectivity index (χ0n) is 20.4. The minimum atomic E-state index is 0.188. The van der Waals surface area contributed by atoms with Crippen LogP contribution in [-0.4, -0.2) is 59.7 Å². The third-order valence-electron chi connectivity index (χ3n) is 7.29. The summed E-state index contributed by atoms with van der Waals surface area (Å²) in [6.07, 6.45) is 9.61. The molecule has 2 aromatic rings. The normalized spacial score (nSPS) is 20.9. The van der Waals surface area contributed by atoms with Gasteiger partial charge in [-0.05, 0) is 89.6 Å². The standard InChI is InChI=1S/C27H39N3O3/c1-21-26(22(2)33-28-21)13-14-27(31)30-17-6-5-16-29-15-4-3-9-24(29)12-11-23-8-7-10-25(20-23)32-19-18-30/h7-8,10,20,24H,3-6,9,11-19H2,1-2H3. The molecule has 0 radical (unpaired) electrons. The number of fused-ring (bicyclic) bond motifs is 3. The topological polar surface area (TPSA) is 58.8 Å². The molecule has 4 rings (SSSR count). The Morgan fingerprint density at radius 2 is 1.88 bits per heavy atom. The van der Waals surface area contributed by atoms with E-state index in [2.05, 4.69) is 28.3 Å². The minimum Gasteiger partial charge on any atom is -0.492 e. The van der Waals surface area contributed by atoms with E-state index in [9.17, 15) is 4.79 Å². The number of aryl methyl sites for hydroxylation is 3. The first-order valence-corrected chi connectivity index (χ1v) is 12.8. The molecule has 1 unspecified atom stereocenters. The number of rotatable bonds is 3. The highest BCUT2D eigenvalue weighted by molar-refractivity contribution is 5.76. The van der Waals surface area contributed by atoms with Crippen LogP contribution in [0.15, 0.2) is 28.8 Å². The average molecular weight is 454 g/mol. The van der Waals surface area contributed by atoms with Crippen molar-refractivity contribution in [2.24, 2.45) is 0 Å². The van der Waals surface area contributed by atoms with E-state index in [4.69, 9.17) is 9.26 Å². The number of nitrogens with zero attached hydrogens (tertiary/aromatic N) is 3. The highest BCUT2D eigenvalue weighted by atomic mass is 16.5. The van der Waals surface area contributed by atoms with Crippen LogP contribution in [0, 0.1) is 13.8 Å². The van der Waals surface area contributed by atoms with Crippen LogP contribution in [0.25, 0.3) is 0 Å². The Bertz CT molecular complexity index is 890. The van der Waals surface area contributed by atoms with Crippen molar-refractivity contribution in [1.29, 1.82) is 0 Å². The van der Waals surface area contributed by atoms with E-state index in [1.807, 2.05) is 24.8 Å². The first kappa shape index (κ1) is 23.8. The molecule has 6 heteroatoms. The highest BCUT2D eigenvalue weighted by Crippen LogP contribution is 2.23. The summed E-state index contributed by atoms with van der Waals surface area (Å²) in [6.45, 7) is 8.15. The van der Waals surface area contributed by atoms with Gasteiger partial charge < -0.3 is 19.1 Å². The Balaban J connectivity index is 1.41. The number of hydrogen-bond donors (Lipinski definition) is 0. The maximum atomic E-state index is 13.1. The van der Waals surface area contributed by atoms with Crippen LogP contribution in [0.3, 0.4) is 0 Å². The van der Waals surface area contributed by atoms with Crippen molar-refractivity contribution in [1.82, 2.24) is 15.0 Å². The molecule has 180 valence electrons. The average Bonchev–Trinajstić information content (AvgIpc) is 3.15. The first-order valence-electron chi connectivity index (χ1n) is 12.8. The van der Waals surface area contributed by atoms with Gasteiger partial charge in [-0.25, -0.2) is 0 Å². The molecule has 33 heavy (non-hydrogen) atoms. The molecule has 1 aromatic carbocycles. The monoisotopic (exact) mass is 453 g/mol. The molecule has 1 aromatic heterocycles. The maximum Gasteiger partial charge on any atom is 0.223 e. The molecule has 2 bridgehead atoms. The molecule has 0 N–H and O–H groups in total. The fourth-order valence-electron chi connectivity index (χ4n) is 5.31. The van der Waals surface area contributed by atoms with Gasteiger partial charge in [-0.3, -0.25) is 4.79 Å². The van der Waals surface area contributed by atoms with Crippen LogP contribution in [0.4, 0.5) is 0 Å². The van der Waals surface area contributed by atoms with Crippen LogP contribution in [-0.2, 0) is 17.6 Å². The van der Waals surface area contributed by atoms with Crippen LogP contribution >= 0.6 is 0 Å². The van der Waals surface area contributed by atoms with Gasteiger partial charge in [0.05, 0.1) is 12.2 Å². The summed E-state index contributed by atoms with van der Waals surface area (Å²) < 4.78 is 11.3. The quantitative estimate of drug-likeness (QED) is 0.673. The van der Waals surface area contributed by atoms with E-state index >= 15 is 0 Å². The van der Waals surface area contributed by atoms with Crippen LogP contribution in [0.2, 0.25) is 0 Å². The smallest absolute Gasteiger partial charge is 0.223 e. The lowest BCUT2D eigenvalue weighted by molar-refractivity contribution is -0.131. The zero-order valence-corrected chi connectivity index (χ0v) is 20.4. The predicted molar refractivity (Wildman–Crippen MR) is 130 cm³/mol. The number of piperidine rings is 1. The van der Waals surface area contributed by atoms with Gasteiger partial charge in [0.2, 0.25) is 5.91 Å². The molecule has 0 spiro atoms. The number of carbonyl (C=O) groups excluding carboxylic acids is 1. The number of ether oxygens (including phenoxy) is 1. The van der Waals surface area contributed by atoms with Crippen LogP contribution in [0.5, 0.6) is 5.75 Å². The van der Waals surface area contributed by atoms with Crippen molar-refractivity contribution in [2.75, 3.05) is 32.8 Å². The van der Waals surface area contributed by atoms with E-state index in [0.717, 1.165) is 55.1 Å². The molecule has 3 heterocycles. The molecule has 1 atom stereocenters. The molecule has 2 aliphatic rings. The van der Waals surface area contributed by atoms with Crippen molar-refractivity contribution in [2.45, 2.75) is 77.7 Å². The van der Waals surface area contributed by atoms with E-state index in [-0.39, 0.29) is 5.91 Å². The molecule has 1 saturated heterocycles. The SMILES string of the molecule is Cc1noc(C)c1CCC(=O)N1CCCCN2CCCCC2CCc2cccc(c2)OCC1. The van der Waals surface area contributed by atoms with Crippen molar-refractivity contribution in [3.05, 3.63) is 46.8 Å². The lowest BCUT2D eigenvalue weighted by atomic mass is 9.95. The molecule has 0 aliphatic carbocycles. The Labute approximate surface area is 198 Å². The third kappa shape index (κ3) is 6.59. The Hall–Kier alpha value is -2.34.